The Labute approximate surface area is 123 Å². The van der Waals surface area contributed by atoms with E-state index in [2.05, 4.69) is 0 Å². The molecule has 0 aliphatic carbocycles. The van der Waals surface area contributed by atoms with Gasteiger partial charge in [0.1, 0.15) is 5.75 Å². The second kappa shape index (κ2) is 6.66. The highest BCUT2D eigenvalue weighted by Crippen LogP contribution is 2.19. The Hall–Kier alpha value is -2.68. The molecule has 2 rings (SSSR count). The number of carbonyl (C=O) groups excluding carboxylic acids is 2. The average Bonchev–Trinajstić information content (AvgIpc) is 2.46. The van der Waals surface area contributed by atoms with Crippen LogP contribution in [-0.2, 0) is 4.79 Å². The molecule has 3 nitrogen and oxygen atoms in total. The highest BCUT2D eigenvalue weighted by atomic mass is 16.5. The molecule has 2 aromatic carbocycles. The molecule has 0 atom stereocenters. The number of rotatable bonds is 4. The highest BCUT2D eigenvalue weighted by molar-refractivity contribution is 6.08. The van der Waals surface area contributed by atoms with Gasteiger partial charge in [-0.3, -0.25) is 9.59 Å². The molecular weight excluding hydrogens is 264 g/mol. The van der Waals surface area contributed by atoms with E-state index in [0.29, 0.717) is 5.56 Å². The summed E-state index contributed by atoms with van der Waals surface area (Å²) in [5.74, 6) is -0.367. The molecule has 0 fully saturated rings. The zero-order chi connectivity index (χ0) is 15.2. The SMILES string of the molecule is CC(=O)Oc1ccccc1C(=O)/C=C\c1ccc(C)cc1. The number of carbonyl (C=O) groups is 2. The van der Waals surface area contributed by atoms with Crippen LogP contribution < -0.4 is 4.74 Å². The Morgan fingerprint density at radius 1 is 1.00 bits per heavy atom. The number of hydrogen-bond donors (Lipinski definition) is 0. The molecule has 0 unspecified atom stereocenters. The average molecular weight is 280 g/mol. The molecule has 0 N–H and O–H groups in total. The minimum atomic E-state index is -0.447. The number of allylic oxidation sites excluding steroid dienone is 1. The molecule has 0 spiro atoms. The predicted molar refractivity (Wildman–Crippen MR) is 82.3 cm³/mol. The van der Waals surface area contributed by atoms with E-state index in [1.807, 2.05) is 31.2 Å². The first-order valence-electron chi connectivity index (χ1n) is 6.63. The molecular formula is C18H16O3. The molecule has 0 aromatic heterocycles. The Bertz CT molecular complexity index is 682. The maximum atomic E-state index is 12.2. The van der Waals surface area contributed by atoms with Crippen molar-refractivity contribution in [3.8, 4) is 5.75 Å². The summed E-state index contributed by atoms with van der Waals surface area (Å²) < 4.78 is 5.04. The van der Waals surface area contributed by atoms with E-state index in [1.165, 1.54) is 18.6 Å². The quantitative estimate of drug-likeness (QED) is 0.370. The molecule has 0 radical (unpaired) electrons. The topological polar surface area (TPSA) is 43.4 Å². The van der Waals surface area contributed by atoms with Crippen molar-refractivity contribution in [3.63, 3.8) is 0 Å². The summed E-state index contributed by atoms with van der Waals surface area (Å²) in [5, 5.41) is 0. The van der Waals surface area contributed by atoms with E-state index < -0.39 is 5.97 Å². The maximum Gasteiger partial charge on any atom is 0.308 e. The number of para-hydroxylation sites is 1. The van der Waals surface area contributed by atoms with E-state index in [4.69, 9.17) is 4.74 Å². The second-order valence-corrected chi connectivity index (χ2v) is 4.70. The van der Waals surface area contributed by atoms with Gasteiger partial charge in [-0.25, -0.2) is 0 Å². The Morgan fingerprint density at radius 3 is 2.33 bits per heavy atom. The summed E-state index contributed by atoms with van der Waals surface area (Å²) >= 11 is 0. The lowest BCUT2D eigenvalue weighted by molar-refractivity contribution is -0.131. The van der Waals surface area contributed by atoms with Gasteiger partial charge in [0.15, 0.2) is 5.78 Å². The number of ketones is 1. The lowest BCUT2D eigenvalue weighted by atomic mass is 10.1. The van der Waals surface area contributed by atoms with Crippen LogP contribution in [0.5, 0.6) is 5.75 Å². The minimum Gasteiger partial charge on any atom is -0.426 e. The third kappa shape index (κ3) is 4.14. The van der Waals surface area contributed by atoms with Crippen molar-refractivity contribution in [1.82, 2.24) is 0 Å². The molecule has 21 heavy (non-hydrogen) atoms. The van der Waals surface area contributed by atoms with Crippen LogP contribution in [-0.4, -0.2) is 11.8 Å². The number of aryl methyl sites for hydroxylation is 1. The second-order valence-electron chi connectivity index (χ2n) is 4.70. The fraction of sp³-hybridized carbons (Fsp3) is 0.111. The molecule has 0 bridgehead atoms. The van der Waals surface area contributed by atoms with Crippen LogP contribution in [0.15, 0.2) is 54.6 Å². The van der Waals surface area contributed by atoms with Crippen molar-refractivity contribution >= 4 is 17.8 Å². The van der Waals surface area contributed by atoms with E-state index in [1.54, 1.807) is 30.3 Å². The molecule has 2 aromatic rings. The van der Waals surface area contributed by atoms with Gasteiger partial charge >= 0.3 is 5.97 Å². The minimum absolute atomic E-state index is 0.201. The maximum absolute atomic E-state index is 12.2. The fourth-order valence-electron chi connectivity index (χ4n) is 1.85. The lowest BCUT2D eigenvalue weighted by Gasteiger charge is -2.05. The van der Waals surface area contributed by atoms with Gasteiger partial charge in [0.25, 0.3) is 0 Å². The smallest absolute Gasteiger partial charge is 0.308 e. The van der Waals surface area contributed by atoms with Crippen LogP contribution in [0.3, 0.4) is 0 Å². The van der Waals surface area contributed by atoms with Crippen LogP contribution >= 0.6 is 0 Å². The van der Waals surface area contributed by atoms with Crippen molar-refractivity contribution in [3.05, 3.63) is 71.3 Å². The van der Waals surface area contributed by atoms with Crippen molar-refractivity contribution in [2.24, 2.45) is 0 Å². The number of benzene rings is 2. The molecule has 0 saturated carbocycles. The standard InChI is InChI=1S/C18H16O3/c1-13-7-9-15(10-8-13)11-12-17(20)16-5-3-4-6-18(16)21-14(2)19/h3-12H,1-2H3/b12-11-. The van der Waals surface area contributed by atoms with Gasteiger partial charge in [-0.15, -0.1) is 0 Å². The number of ether oxygens (including phenoxy) is 1. The highest BCUT2D eigenvalue weighted by Gasteiger charge is 2.10. The molecule has 0 saturated heterocycles. The molecule has 106 valence electrons. The Kier molecular flexibility index (Phi) is 4.67. The van der Waals surface area contributed by atoms with Gasteiger partial charge in [0.05, 0.1) is 5.56 Å². The number of esters is 1. The third-order valence-electron chi connectivity index (χ3n) is 2.91. The summed E-state index contributed by atoms with van der Waals surface area (Å²) in [6.45, 7) is 3.32. The summed E-state index contributed by atoms with van der Waals surface area (Å²) in [6, 6.07) is 14.6. The summed E-state index contributed by atoms with van der Waals surface area (Å²) in [6.07, 6.45) is 3.22. The predicted octanol–water partition coefficient (Wildman–Crippen LogP) is 3.82. The lowest BCUT2D eigenvalue weighted by Crippen LogP contribution is -2.06. The third-order valence-corrected chi connectivity index (χ3v) is 2.91. The molecule has 0 aliphatic rings. The number of hydrogen-bond acceptors (Lipinski definition) is 3. The van der Waals surface area contributed by atoms with Gasteiger partial charge in [0.2, 0.25) is 0 Å². The Balaban J connectivity index is 2.20. The van der Waals surface area contributed by atoms with Crippen LogP contribution in [0.4, 0.5) is 0 Å². The summed E-state index contributed by atoms with van der Waals surface area (Å²) in [4.78, 5) is 23.3. The van der Waals surface area contributed by atoms with E-state index in [0.717, 1.165) is 5.56 Å². The van der Waals surface area contributed by atoms with Crippen molar-refractivity contribution in [2.45, 2.75) is 13.8 Å². The van der Waals surface area contributed by atoms with Crippen molar-refractivity contribution in [1.29, 1.82) is 0 Å². The van der Waals surface area contributed by atoms with Crippen molar-refractivity contribution in [2.75, 3.05) is 0 Å². The first-order valence-corrected chi connectivity index (χ1v) is 6.63. The zero-order valence-corrected chi connectivity index (χ0v) is 12.0. The van der Waals surface area contributed by atoms with Crippen LogP contribution in [0.1, 0.15) is 28.4 Å². The van der Waals surface area contributed by atoms with E-state index in [-0.39, 0.29) is 11.5 Å². The first kappa shape index (κ1) is 14.7. The van der Waals surface area contributed by atoms with Crippen LogP contribution in [0.2, 0.25) is 0 Å². The van der Waals surface area contributed by atoms with Gasteiger partial charge in [0, 0.05) is 6.92 Å². The van der Waals surface area contributed by atoms with Crippen LogP contribution in [0.25, 0.3) is 6.08 Å². The van der Waals surface area contributed by atoms with E-state index in [9.17, 15) is 9.59 Å². The Morgan fingerprint density at radius 2 is 1.67 bits per heavy atom. The normalized spacial score (nSPS) is 10.6. The van der Waals surface area contributed by atoms with Gasteiger partial charge in [-0.1, -0.05) is 48.0 Å². The van der Waals surface area contributed by atoms with Gasteiger partial charge < -0.3 is 4.74 Å². The fourth-order valence-corrected chi connectivity index (χ4v) is 1.85. The summed E-state index contributed by atoms with van der Waals surface area (Å²) in [7, 11) is 0. The van der Waals surface area contributed by atoms with Gasteiger partial charge in [-0.2, -0.15) is 0 Å². The molecule has 3 heteroatoms. The molecule has 0 amide bonds. The van der Waals surface area contributed by atoms with Gasteiger partial charge in [-0.05, 0) is 30.7 Å². The van der Waals surface area contributed by atoms with Crippen LogP contribution in [0, 0.1) is 6.92 Å². The molecule has 0 aliphatic heterocycles. The summed E-state index contributed by atoms with van der Waals surface area (Å²) in [5.41, 5.74) is 2.48. The van der Waals surface area contributed by atoms with Crippen molar-refractivity contribution < 1.29 is 14.3 Å². The monoisotopic (exact) mass is 280 g/mol. The first-order chi connectivity index (χ1) is 10.1. The zero-order valence-electron chi connectivity index (χ0n) is 12.0. The largest absolute Gasteiger partial charge is 0.426 e. The van der Waals surface area contributed by atoms with E-state index >= 15 is 0 Å². The molecule has 0 heterocycles.